The molecular weight excluding hydrogens is 358 g/mol. The molecule has 9 heteroatoms. The van der Waals surface area contributed by atoms with Crippen molar-refractivity contribution in [3.63, 3.8) is 0 Å². The number of rotatable bonds is 6. The Morgan fingerprint density at radius 3 is 2.50 bits per heavy atom. The SMILES string of the molecule is COc1ccccc1NC(=O)CN1C(=O)C(=O)N(Cc2cccs2)C1=O. The Morgan fingerprint density at radius 1 is 1.08 bits per heavy atom. The number of amides is 5. The van der Waals surface area contributed by atoms with E-state index in [0.717, 1.165) is 9.78 Å². The van der Waals surface area contributed by atoms with Gasteiger partial charge in [0.05, 0.1) is 19.3 Å². The van der Waals surface area contributed by atoms with Gasteiger partial charge >= 0.3 is 17.8 Å². The van der Waals surface area contributed by atoms with Crippen LogP contribution in [0.3, 0.4) is 0 Å². The van der Waals surface area contributed by atoms with Crippen LogP contribution in [0.4, 0.5) is 10.5 Å². The fraction of sp³-hybridized carbons (Fsp3) is 0.176. The van der Waals surface area contributed by atoms with Crippen LogP contribution in [-0.2, 0) is 20.9 Å². The molecule has 0 bridgehead atoms. The molecule has 1 N–H and O–H groups in total. The predicted octanol–water partition coefficient (Wildman–Crippen LogP) is 1.69. The lowest BCUT2D eigenvalue weighted by molar-refractivity contribution is -0.143. The number of carbonyl (C=O) groups is 4. The molecule has 1 fully saturated rings. The number of hydrogen-bond donors (Lipinski definition) is 1. The second-order valence-corrected chi connectivity index (χ2v) is 6.43. The van der Waals surface area contributed by atoms with E-state index in [1.807, 2.05) is 0 Å². The van der Waals surface area contributed by atoms with Crippen molar-refractivity contribution in [2.75, 3.05) is 19.0 Å². The number of ether oxygens (including phenoxy) is 1. The van der Waals surface area contributed by atoms with Crippen LogP contribution in [0.15, 0.2) is 41.8 Å². The van der Waals surface area contributed by atoms with Crippen molar-refractivity contribution in [3.05, 3.63) is 46.7 Å². The summed E-state index contributed by atoms with van der Waals surface area (Å²) in [5.74, 6) is -2.12. The van der Waals surface area contributed by atoms with Crippen molar-refractivity contribution in [1.29, 1.82) is 0 Å². The first-order chi connectivity index (χ1) is 12.5. The fourth-order valence-electron chi connectivity index (χ4n) is 2.47. The van der Waals surface area contributed by atoms with Crippen LogP contribution in [0.2, 0.25) is 0 Å². The van der Waals surface area contributed by atoms with Gasteiger partial charge < -0.3 is 10.1 Å². The highest BCUT2D eigenvalue weighted by Crippen LogP contribution is 2.23. The summed E-state index contributed by atoms with van der Waals surface area (Å²) in [5, 5.41) is 4.37. The van der Waals surface area contributed by atoms with Crippen molar-refractivity contribution in [1.82, 2.24) is 9.80 Å². The van der Waals surface area contributed by atoms with E-state index in [-0.39, 0.29) is 6.54 Å². The summed E-state index contributed by atoms with van der Waals surface area (Å²) in [4.78, 5) is 51.0. The molecule has 134 valence electrons. The van der Waals surface area contributed by atoms with Gasteiger partial charge in [-0.05, 0) is 23.6 Å². The third-order valence-electron chi connectivity index (χ3n) is 3.71. The zero-order chi connectivity index (χ0) is 18.7. The Bertz CT molecular complexity index is 865. The number of thiophene rings is 1. The van der Waals surface area contributed by atoms with Crippen LogP contribution >= 0.6 is 11.3 Å². The highest BCUT2D eigenvalue weighted by molar-refractivity contribution is 7.09. The van der Waals surface area contributed by atoms with Crippen LogP contribution in [0.1, 0.15) is 4.88 Å². The van der Waals surface area contributed by atoms with Gasteiger partial charge in [0.1, 0.15) is 12.3 Å². The number of hydrogen-bond acceptors (Lipinski definition) is 6. The van der Waals surface area contributed by atoms with Gasteiger partial charge in [-0.25, -0.2) is 9.69 Å². The van der Waals surface area contributed by atoms with Crippen LogP contribution < -0.4 is 10.1 Å². The van der Waals surface area contributed by atoms with E-state index in [9.17, 15) is 19.2 Å². The maximum atomic E-state index is 12.4. The molecule has 1 aromatic carbocycles. The lowest BCUT2D eigenvalue weighted by Crippen LogP contribution is -2.38. The normalized spacial score (nSPS) is 14.1. The molecule has 0 spiro atoms. The molecule has 0 atom stereocenters. The molecule has 0 unspecified atom stereocenters. The van der Waals surface area contributed by atoms with Gasteiger partial charge in [-0.15, -0.1) is 11.3 Å². The van der Waals surface area contributed by atoms with Gasteiger partial charge in [0.2, 0.25) is 5.91 Å². The number of nitrogens with one attached hydrogen (secondary N) is 1. The summed E-state index contributed by atoms with van der Waals surface area (Å²) in [7, 11) is 1.46. The third-order valence-corrected chi connectivity index (χ3v) is 4.57. The number of methoxy groups -OCH3 is 1. The second-order valence-electron chi connectivity index (χ2n) is 5.39. The summed E-state index contributed by atoms with van der Waals surface area (Å²) in [6, 6.07) is 9.47. The van der Waals surface area contributed by atoms with E-state index in [4.69, 9.17) is 4.74 Å². The van der Waals surface area contributed by atoms with Gasteiger partial charge in [-0.2, -0.15) is 0 Å². The van der Waals surface area contributed by atoms with Crippen molar-refractivity contribution >= 4 is 40.8 Å². The summed E-state index contributed by atoms with van der Waals surface area (Å²) in [5.41, 5.74) is 0.404. The first-order valence-corrected chi connectivity index (χ1v) is 8.52. The Morgan fingerprint density at radius 2 is 1.81 bits per heavy atom. The van der Waals surface area contributed by atoms with Crippen LogP contribution in [0.5, 0.6) is 5.75 Å². The zero-order valence-corrected chi connectivity index (χ0v) is 14.6. The highest BCUT2D eigenvalue weighted by atomic mass is 32.1. The van der Waals surface area contributed by atoms with E-state index in [1.54, 1.807) is 41.8 Å². The van der Waals surface area contributed by atoms with E-state index in [1.165, 1.54) is 18.4 Å². The number of para-hydroxylation sites is 2. The maximum Gasteiger partial charge on any atom is 0.335 e. The van der Waals surface area contributed by atoms with Gasteiger partial charge in [0.25, 0.3) is 0 Å². The zero-order valence-electron chi connectivity index (χ0n) is 13.8. The molecule has 3 rings (SSSR count). The molecule has 1 aliphatic heterocycles. The van der Waals surface area contributed by atoms with Crippen molar-refractivity contribution in [3.8, 4) is 5.75 Å². The number of nitrogens with zero attached hydrogens (tertiary/aromatic N) is 2. The van der Waals surface area contributed by atoms with Crippen LogP contribution in [-0.4, -0.2) is 47.2 Å². The monoisotopic (exact) mass is 373 g/mol. The molecule has 0 radical (unpaired) electrons. The first kappa shape index (κ1) is 17.6. The molecule has 0 saturated carbocycles. The summed E-state index contributed by atoms with van der Waals surface area (Å²) < 4.78 is 5.13. The minimum atomic E-state index is -1.01. The number of urea groups is 1. The number of benzene rings is 1. The van der Waals surface area contributed by atoms with E-state index >= 15 is 0 Å². The molecule has 2 aromatic rings. The largest absolute Gasteiger partial charge is 0.495 e. The smallest absolute Gasteiger partial charge is 0.335 e. The molecular formula is C17H15N3O5S. The molecule has 26 heavy (non-hydrogen) atoms. The molecule has 1 aliphatic rings. The summed E-state index contributed by atoms with van der Waals surface area (Å²) >= 11 is 1.37. The minimum absolute atomic E-state index is 0.00566. The predicted molar refractivity (Wildman–Crippen MR) is 93.6 cm³/mol. The molecule has 0 aliphatic carbocycles. The molecule has 5 amide bonds. The lowest BCUT2D eigenvalue weighted by Gasteiger charge is -2.15. The lowest BCUT2D eigenvalue weighted by atomic mass is 10.3. The van der Waals surface area contributed by atoms with Gasteiger partial charge in [0.15, 0.2) is 0 Å². The molecule has 8 nitrogen and oxygen atoms in total. The standard InChI is InChI=1S/C17H15N3O5S/c1-25-13-7-3-2-6-12(13)18-14(21)10-20-16(23)15(22)19(17(20)24)9-11-5-4-8-26-11/h2-8H,9-10H2,1H3,(H,18,21). The molecule has 1 aromatic heterocycles. The van der Waals surface area contributed by atoms with E-state index in [0.29, 0.717) is 16.3 Å². The fourth-order valence-corrected chi connectivity index (χ4v) is 3.16. The maximum absolute atomic E-state index is 12.4. The number of carbonyl (C=O) groups excluding carboxylic acids is 4. The Kier molecular flexibility index (Phi) is 4.99. The van der Waals surface area contributed by atoms with Crippen LogP contribution in [0.25, 0.3) is 0 Å². The first-order valence-electron chi connectivity index (χ1n) is 7.64. The molecule has 2 heterocycles. The Hall–Kier alpha value is -3.20. The second kappa shape index (κ2) is 7.36. The summed E-state index contributed by atoms with van der Waals surface area (Å²) in [6.07, 6.45) is 0. The van der Waals surface area contributed by atoms with Crippen molar-refractivity contribution in [2.24, 2.45) is 0 Å². The highest BCUT2D eigenvalue weighted by Gasteiger charge is 2.45. The average molecular weight is 373 g/mol. The minimum Gasteiger partial charge on any atom is -0.495 e. The van der Waals surface area contributed by atoms with Gasteiger partial charge in [0, 0.05) is 4.88 Å². The Balaban J connectivity index is 1.69. The molecule has 1 saturated heterocycles. The number of imide groups is 2. The van der Waals surface area contributed by atoms with Crippen molar-refractivity contribution in [2.45, 2.75) is 6.54 Å². The topological polar surface area (TPSA) is 96.0 Å². The average Bonchev–Trinajstić information content (AvgIpc) is 3.21. The summed E-state index contributed by atoms with van der Waals surface area (Å²) in [6.45, 7) is -0.548. The quantitative estimate of drug-likeness (QED) is 0.614. The van der Waals surface area contributed by atoms with E-state index in [2.05, 4.69) is 5.32 Å². The van der Waals surface area contributed by atoms with Gasteiger partial charge in [-0.3, -0.25) is 19.3 Å². The Labute approximate surface area is 153 Å². The number of anilines is 1. The van der Waals surface area contributed by atoms with Gasteiger partial charge in [-0.1, -0.05) is 18.2 Å². The van der Waals surface area contributed by atoms with Crippen LogP contribution in [0, 0.1) is 0 Å². The van der Waals surface area contributed by atoms with E-state index < -0.39 is 30.3 Å². The third kappa shape index (κ3) is 3.42. The van der Waals surface area contributed by atoms with Crippen molar-refractivity contribution < 1.29 is 23.9 Å².